The van der Waals surface area contributed by atoms with Gasteiger partial charge in [0.15, 0.2) is 0 Å². The Labute approximate surface area is 148 Å². The topological polar surface area (TPSA) is 152 Å². The van der Waals surface area contributed by atoms with Crippen LogP contribution in [-0.4, -0.2) is 49.4 Å². The number of hydrogen-bond donors (Lipinski definition) is 2. The first-order valence-corrected chi connectivity index (χ1v) is 11.1. The smallest absolute Gasteiger partial charge is 0.320 e. The summed E-state index contributed by atoms with van der Waals surface area (Å²) in [4.78, 5) is 24.9. The minimum atomic E-state index is -4.51. The maximum Gasteiger partial charge on any atom is 0.320 e. The molecule has 2 N–H and O–H groups in total. The van der Waals surface area contributed by atoms with Crippen LogP contribution >= 0.6 is 0 Å². The Morgan fingerprint density at radius 1 is 0.720 bits per heavy atom. The van der Waals surface area contributed by atoms with E-state index in [-0.39, 0.29) is 25.7 Å². The fourth-order valence-corrected chi connectivity index (χ4v) is 5.05. The van der Waals surface area contributed by atoms with Crippen LogP contribution in [-0.2, 0) is 34.6 Å². The minimum absolute atomic E-state index is 0.0149. The summed E-state index contributed by atoms with van der Waals surface area (Å²) in [5, 5.41) is 0. The third-order valence-electron chi connectivity index (χ3n) is 4.68. The Morgan fingerprint density at radius 3 is 1.12 bits per heavy atom. The van der Waals surface area contributed by atoms with E-state index in [1.54, 1.807) is 0 Å². The van der Waals surface area contributed by atoms with Gasteiger partial charge in [-0.1, -0.05) is 27.7 Å². The first-order chi connectivity index (χ1) is 11.2. The molecule has 0 rings (SSSR count). The van der Waals surface area contributed by atoms with E-state index >= 15 is 0 Å². The van der Waals surface area contributed by atoms with Crippen molar-refractivity contribution in [1.29, 1.82) is 0 Å². The van der Waals surface area contributed by atoms with Crippen molar-refractivity contribution in [2.24, 2.45) is 10.8 Å². The van der Waals surface area contributed by atoms with Gasteiger partial charge in [0.1, 0.15) is 0 Å². The molecular weight excluding hydrogens is 376 g/mol. The molecule has 0 aliphatic carbocycles. The molecule has 0 radical (unpaired) electrons. The van der Waals surface area contributed by atoms with Gasteiger partial charge in [-0.3, -0.25) is 18.7 Å². The maximum absolute atomic E-state index is 12.4. The lowest BCUT2D eigenvalue weighted by molar-refractivity contribution is -0.173. The molecule has 11 heteroatoms. The Balaban J connectivity index is 5.70. The minimum Gasteiger partial charge on any atom is -0.392 e. The highest BCUT2D eigenvalue weighted by atomic mass is 32.2. The molecule has 0 aromatic carbocycles. The molecule has 0 heterocycles. The molecule has 0 unspecified atom stereocenters. The van der Waals surface area contributed by atoms with Crippen molar-refractivity contribution < 1.29 is 40.3 Å². The molecule has 0 aromatic heterocycles. The molecule has 148 valence electrons. The highest BCUT2D eigenvalue weighted by Crippen LogP contribution is 2.34. The standard InChI is InChI=1S/C14H26O9S2/c1-5-13(6-2,9-24(17,18)19)11(15)23-12(16)14(7-3,8-4)10-25(20,21)22/h5-10H2,1-4H3,(H,17,18,19)(H,20,21,22). The van der Waals surface area contributed by atoms with Crippen LogP contribution in [0.4, 0.5) is 0 Å². The van der Waals surface area contributed by atoms with Crippen LogP contribution < -0.4 is 0 Å². The van der Waals surface area contributed by atoms with E-state index in [4.69, 9.17) is 13.8 Å². The summed E-state index contributed by atoms with van der Waals surface area (Å²) in [6.07, 6.45) is -0.0597. The van der Waals surface area contributed by atoms with Crippen LogP contribution in [0.5, 0.6) is 0 Å². The molecule has 9 nitrogen and oxygen atoms in total. The average Bonchev–Trinajstić information content (AvgIpc) is 2.48. The van der Waals surface area contributed by atoms with E-state index < -0.39 is 54.5 Å². The van der Waals surface area contributed by atoms with Gasteiger partial charge in [-0.25, -0.2) is 0 Å². The fourth-order valence-electron chi connectivity index (χ4n) is 2.60. The second-order valence-corrected chi connectivity index (χ2v) is 9.01. The van der Waals surface area contributed by atoms with Crippen LogP contribution in [0.2, 0.25) is 0 Å². The summed E-state index contributed by atoms with van der Waals surface area (Å²) in [5.41, 5.74) is -3.26. The van der Waals surface area contributed by atoms with Gasteiger partial charge in [0.05, 0.1) is 22.3 Å². The lowest BCUT2D eigenvalue weighted by atomic mass is 9.83. The van der Waals surface area contributed by atoms with Crippen molar-refractivity contribution in [2.75, 3.05) is 11.5 Å². The van der Waals surface area contributed by atoms with Crippen molar-refractivity contribution in [3.8, 4) is 0 Å². The molecule has 0 saturated heterocycles. The number of carbonyl (C=O) groups excluding carboxylic acids is 2. The Bertz CT molecular complexity index is 624. The summed E-state index contributed by atoms with van der Waals surface area (Å²) in [5.74, 6) is -4.13. The second-order valence-electron chi connectivity index (χ2n) is 6.10. The van der Waals surface area contributed by atoms with Crippen LogP contribution in [0.25, 0.3) is 0 Å². The van der Waals surface area contributed by atoms with E-state index in [0.717, 1.165) is 0 Å². The van der Waals surface area contributed by atoms with Gasteiger partial charge in [0.25, 0.3) is 20.2 Å². The number of hydrogen-bond acceptors (Lipinski definition) is 7. The summed E-state index contributed by atoms with van der Waals surface area (Å²) in [7, 11) is -9.02. The summed E-state index contributed by atoms with van der Waals surface area (Å²) >= 11 is 0. The van der Waals surface area contributed by atoms with Crippen LogP contribution in [0, 0.1) is 10.8 Å². The Morgan fingerprint density at radius 2 is 0.960 bits per heavy atom. The van der Waals surface area contributed by atoms with E-state index in [1.807, 2.05) is 0 Å². The van der Waals surface area contributed by atoms with E-state index in [9.17, 15) is 26.4 Å². The zero-order valence-corrected chi connectivity index (χ0v) is 16.4. The fraction of sp³-hybridized carbons (Fsp3) is 0.857. The molecule has 25 heavy (non-hydrogen) atoms. The second kappa shape index (κ2) is 8.56. The molecular formula is C14H26O9S2. The first kappa shape index (κ1) is 24.0. The third kappa shape index (κ3) is 6.65. The molecule has 0 spiro atoms. The number of carbonyl (C=O) groups is 2. The third-order valence-corrected chi connectivity index (χ3v) is 6.51. The Hall–Kier alpha value is -1.04. The summed E-state index contributed by atoms with van der Waals surface area (Å²) < 4.78 is 67.8. The van der Waals surface area contributed by atoms with Gasteiger partial charge >= 0.3 is 11.9 Å². The highest BCUT2D eigenvalue weighted by molar-refractivity contribution is 7.86. The Kier molecular flexibility index (Phi) is 8.21. The van der Waals surface area contributed by atoms with Crippen molar-refractivity contribution in [1.82, 2.24) is 0 Å². The normalized spacial score (nSPS) is 13.5. The molecule has 0 fully saturated rings. The van der Waals surface area contributed by atoms with Gasteiger partial charge in [0.2, 0.25) is 0 Å². The van der Waals surface area contributed by atoms with Gasteiger partial charge in [-0.05, 0) is 25.7 Å². The summed E-state index contributed by atoms with van der Waals surface area (Å²) in [6.45, 7) is 6.02. The van der Waals surface area contributed by atoms with Crippen LogP contribution in [0.3, 0.4) is 0 Å². The van der Waals surface area contributed by atoms with E-state index in [2.05, 4.69) is 0 Å². The van der Waals surface area contributed by atoms with Crippen molar-refractivity contribution in [3.63, 3.8) is 0 Å². The van der Waals surface area contributed by atoms with Crippen molar-refractivity contribution in [3.05, 3.63) is 0 Å². The quantitative estimate of drug-likeness (QED) is 0.314. The molecule has 0 saturated carbocycles. The zero-order valence-electron chi connectivity index (χ0n) is 14.8. The predicted molar refractivity (Wildman–Crippen MR) is 90.0 cm³/mol. The van der Waals surface area contributed by atoms with Crippen molar-refractivity contribution in [2.45, 2.75) is 53.4 Å². The lowest BCUT2D eigenvalue weighted by Crippen LogP contribution is -2.44. The lowest BCUT2D eigenvalue weighted by Gasteiger charge is -2.31. The summed E-state index contributed by atoms with van der Waals surface area (Å²) in [6, 6.07) is 0. The molecule has 0 aliphatic heterocycles. The zero-order chi connectivity index (χ0) is 20.1. The van der Waals surface area contributed by atoms with Gasteiger partial charge in [-0.15, -0.1) is 0 Å². The average molecular weight is 402 g/mol. The van der Waals surface area contributed by atoms with Gasteiger partial charge in [0, 0.05) is 0 Å². The molecule has 0 bridgehead atoms. The van der Waals surface area contributed by atoms with Gasteiger partial charge < -0.3 is 4.74 Å². The molecule has 0 amide bonds. The van der Waals surface area contributed by atoms with Crippen LogP contribution in [0.1, 0.15) is 53.4 Å². The molecule has 0 aliphatic rings. The predicted octanol–water partition coefficient (Wildman–Crippen LogP) is 1.44. The molecule has 0 atom stereocenters. The first-order valence-electron chi connectivity index (χ1n) is 7.88. The number of rotatable bonds is 10. The number of ether oxygens (including phenoxy) is 1. The number of esters is 2. The monoisotopic (exact) mass is 402 g/mol. The maximum atomic E-state index is 12.4. The van der Waals surface area contributed by atoms with E-state index in [0.29, 0.717) is 0 Å². The van der Waals surface area contributed by atoms with Crippen LogP contribution in [0.15, 0.2) is 0 Å². The van der Waals surface area contributed by atoms with Gasteiger partial charge in [-0.2, -0.15) is 16.8 Å². The van der Waals surface area contributed by atoms with E-state index in [1.165, 1.54) is 27.7 Å². The van der Waals surface area contributed by atoms with Crippen molar-refractivity contribution >= 4 is 32.2 Å². The molecule has 0 aromatic rings. The highest BCUT2D eigenvalue weighted by Gasteiger charge is 2.46. The largest absolute Gasteiger partial charge is 0.392 e. The SMILES string of the molecule is CCC(CC)(CS(=O)(=O)O)C(=O)OC(=O)C(CC)(CC)CS(=O)(=O)O.